The number of carbonyl (C=O) groups excluding carboxylic acids is 1. The van der Waals surface area contributed by atoms with Crippen LogP contribution in [0.15, 0.2) is 24.3 Å². The lowest BCUT2D eigenvalue weighted by Crippen LogP contribution is -2.27. The molecule has 1 aliphatic heterocycles. The molecule has 1 fully saturated rings. The Morgan fingerprint density at radius 2 is 2.18 bits per heavy atom. The van der Waals surface area contributed by atoms with Gasteiger partial charge in [0.25, 0.3) is 0 Å². The summed E-state index contributed by atoms with van der Waals surface area (Å²) in [6.45, 7) is 0. The highest BCUT2D eigenvalue weighted by Gasteiger charge is 2.24. The second kappa shape index (κ2) is 4.40. The molecule has 1 amide bonds. The van der Waals surface area contributed by atoms with Crippen molar-refractivity contribution in [1.82, 2.24) is 5.32 Å². The maximum absolute atomic E-state index is 11.6. The average molecular weight is 230 g/mol. The minimum Gasteiger partial charge on any atom is -0.382 e. The van der Waals surface area contributed by atoms with Crippen LogP contribution in [0.4, 0.5) is 5.69 Å². The van der Waals surface area contributed by atoms with Crippen molar-refractivity contribution >= 4 is 11.6 Å². The third-order valence-corrected chi connectivity index (χ3v) is 3.51. The third kappa shape index (κ3) is 2.60. The van der Waals surface area contributed by atoms with Gasteiger partial charge in [0.1, 0.15) is 0 Å². The third-order valence-electron chi connectivity index (χ3n) is 3.51. The van der Waals surface area contributed by atoms with Gasteiger partial charge in [-0.1, -0.05) is 18.2 Å². The summed E-state index contributed by atoms with van der Waals surface area (Å²) in [7, 11) is 0. The zero-order valence-electron chi connectivity index (χ0n) is 9.91. The van der Waals surface area contributed by atoms with E-state index in [-0.39, 0.29) is 5.91 Å². The van der Waals surface area contributed by atoms with Gasteiger partial charge in [-0.3, -0.25) is 4.79 Å². The van der Waals surface area contributed by atoms with Gasteiger partial charge in [0.05, 0.1) is 0 Å². The Balaban J connectivity index is 1.47. The van der Waals surface area contributed by atoms with Gasteiger partial charge in [-0.15, -0.1) is 0 Å². The lowest BCUT2D eigenvalue weighted by atomic mass is 10.1. The van der Waals surface area contributed by atoms with E-state index in [1.54, 1.807) is 0 Å². The van der Waals surface area contributed by atoms with Gasteiger partial charge in [0, 0.05) is 24.2 Å². The van der Waals surface area contributed by atoms with Crippen LogP contribution in [0.25, 0.3) is 0 Å². The second-order valence-electron chi connectivity index (χ2n) is 5.08. The molecule has 0 spiro atoms. The van der Waals surface area contributed by atoms with Gasteiger partial charge in [-0.05, 0) is 37.3 Å². The van der Waals surface area contributed by atoms with Gasteiger partial charge in [-0.2, -0.15) is 0 Å². The number of hydrogen-bond donors (Lipinski definition) is 2. The molecule has 1 unspecified atom stereocenters. The monoisotopic (exact) mass is 230 g/mol. The number of carbonyl (C=O) groups is 1. The van der Waals surface area contributed by atoms with Crippen LogP contribution in [0, 0.1) is 0 Å². The molecule has 2 aliphatic rings. The molecular formula is C14H18N2O. The van der Waals surface area contributed by atoms with Crippen molar-refractivity contribution in [1.29, 1.82) is 0 Å². The van der Waals surface area contributed by atoms with Crippen LogP contribution in [-0.2, 0) is 11.2 Å². The Bertz CT molecular complexity index is 401. The van der Waals surface area contributed by atoms with Crippen molar-refractivity contribution in [3.05, 3.63) is 29.8 Å². The van der Waals surface area contributed by atoms with Gasteiger partial charge >= 0.3 is 0 Å². The average Bonchev–Trinajstić information content (AvgIpc) is 3.03. The number of para-hydroxylation sites is 1. The fourth-order valence-electron chi connectivity index (χ4n) is 2.38. The first-order chi connectivity index (χ1) is 8.31. The molecule has 1 aromatic rings. The molecular weight excluding hydrogens is 212 g/mol. The van der Waals surface area contributed by atoms with Crippen molar-refractivity contribution < 1.29 is 4.79 Å². The fraction of sp³-hybridized carbons (Fsp3) is 0.500. The van der Waals surface area contributed by atoms with E-state index in [0.717, 1.165) is 12.8 Å². The van der Waals surface area contributed by atoms with Crippen LogP contribution in [0.5, 0.6) is 0 Å². The van der Waals surface area contributed by atoms with Crippen molar-refractivity contribution in [2.24, 2.45) is 0 Å². The molecule has 3 nitrogen and oxygen atoms in total. The molecule has 0 saturated heterocycles. The van der Waals surface area contributed by atoms with E-state index in [9.17, 15) is 4.79 Å². The SMILES string of the molecule is O=C(CCC1Cc2ccccc2N1)NC1CC1. The summed E-state index contributed by atoms with van der Waals surface area (Å²) in [4.78, 5) is 11.6. The largest absolute Gasteiger partial charge is 0.382 e. The van der Waals surface area contributed by atoms with E-state index in [1.807, 2.05) is 6.07 Å². The van der Waals surface area contributed by atoms with E-state index in [4.69, 9.17) is 0 Å². The Labute approximate surface area is 102 Å². The lowest BCUT2D eigenvalue weighted by Gasteiger charge is -2.10. The Hall–Kier alpha value is -1.51. The predicted octanol–water partition coefficient (Wildman–Crippen LogP) is 2.08. The fourth-order valence-corrected chi connectivity index (χ4v) is 2.38. The molecule has 1 heterocycles. The summed E-state index contributed by atoms with van der Waals surface area (Å²) in [5, 5.41) is 6.51. The smallest absolute Gasteiger partial charge is 0.220 e. The molecule has 3 heteroatoms. The number of anilines is 1. The van der Waals surface area contributed by atoms with Gasteiger partial charge in [0.2, 0.25) is 5.91 Å². The summed E-state index contributed by atoms with van der Waals surface area (Å²) in [5.74, 6) is 0.213. The number of benzene rings is 1. The van der Waals surface area contributed by atoms with E-state index in [2.05, 4.69) is 28.8 Å². The van der Waals surface area contributed by atoms with Gasteiger partial charge in [-0.25, -0.2) is 0 Å². The number of hydrogen-bond acceptors (Lipinski definition) is 2. The molecule has 0 aromatic heterocycles. The quantitative estimate of drug-likeness (QED) is 0.831. The zero-order valence-corrected chi connectivity index (χ0v) is 9.91. The van der Waals surface area contributed by atoms with Crippen molar-refractivity contribution in [2.45, 2.75) is 44.2 Å². The first-order valence-corrected chi connectivity index (χ1v) is 6.45. The summed E-state index contributed by atoms with van der Waals surface area (Å²) in [6, 6.07) is 9.30. The summed E-state index contributed by atoms with van der Waals surface area (Å²) in [6.07, 6.45) is 4.94. The van der Waals surface area contributed by atoms with Gasteiger partial charge < -0.3 is 10.6 Å². The first kappa shape index (κ1) is 10.6. The van der Waals surface area contributed by atoms with Gasteiger partial charge in [0.15, 0.2) is 0 Å². The lowest BCUT2D eigenvalue weighted by molar-refractivity contribution is -0.121. The number of amides is 1. The van der Waals surface area contributed by atoms with Crippen LogP contribution in [0.2, 0.25) is 0 Å². The number of nitrogens with one attached hydrogen (secondary N) is 2. The summed E-state index contributed by atoms with van der Waals surface area (Å²) < 4.78 is 0. The van der Waals surface area contributed by atoms with Crippen LogP contribution < -0.4 is 10.6 Å². The Morgan fingerprint density at radius 3 is 2.94 bits per heavy atom. The normalized spacial score (nSPS) is 21.8. The molecule has 90 valence electrons. The second-order valence-corrected chi connectivity index (χ2v) is 5.08. The summed E-state index contributed by atoms with van der Waals surface area (Å²) in [5.41, 5.74) is 2.61. The Kier molecular flexibility index (Phi) is 2.75. The van der Waals surface area contributed by atoms with Crippen molar-refractivity contribution in [3.8, 4) is 0 Å². The van der Waals surface area contributed by atoms with E-state index in [1.165, 1.54) is 24.1 Å². The molecule has 17 heavy (non-hydrogen) atoms. The van der Waals surface area contributed by atoms with E-state index >= 15 is 0 Å². The van der Waals surface area contributed by atoms with E-state index < -0.39 is 0 Å². The minimum atomic E-state index is 0.213. The minimum absolute atomic E-state index is 0.213. The maximum Gasteiger partial charge on any atom is 0.220 e. The first-order valence-electron chi connectivity index (χ1n) is 6.45. The highest BCUT2D eigenvalue weighted by Crippen LogP contribution is 2.27. The zero-order chi connectivity index (χ0) is 11.7. The Morgan fingerprint density at radius 1 is 1.35 bits per heavy atom. The molecule has 3 rings (SSSR count). The highest BCUT2D eigenvalue weighted by atomic mass is 16.1. The summed E-state index contributed by atoms with van der Waals surface area (Å²) >= 11 is 0. The molecule has 0 bridgehead atoms. The predicted molar refractivity (Wildman–Crippen MR) is 68.0 cm³/mol. The molecule has 2 N–H and O–H groups in total. The maximum atomic E-state index is 11.6. The molecule has 0 radical (unpaired) electrons. The van der Waals surface area contributed by atoms with Crippen molar-refractivity contribution in [3.63, 3.8) is 0 Å². The topological polar surface area (TPSA) is 41.1 Å². The van der Waals surface area contributed by atoms with Crippen LogP contribution in [0.3, 0.4) is 0 Å². The molecule has 1 aromatic carbocycles. The molecule has 1 aliphatic carbocycles. The number of rotatable bonds is 4. The standard InChI is InChI=1S/C14H18N2O/c17-14(16-11-5-6-11)8-7-12-9-10-3-1-2-4-13(10)15-12/h1-4,11-12,15H,5-9H2,(H,16,17). The molecule has 1 saturated carbocycles. The van der Waals surface area contributed by atoms with E-state index in [0.29, 0.717) is 18.5 Å². The highest BCUT2D eigenvalue weighted by molar-refractivity contribution is 5.76. The molecule has 1 atom stereocenters. The number of fused-ring (bicyclic) bond motifs is 1. The van der Waals surface area contributed by atoms with Crippen LogP contribution in [0.1, 0.15) is 31.2 Å². The van der Waals surface area contributed by atoms with Crippen LogP contribution >= 0.6 is 0 Å². The van der Waals surface area contributed by atoms with Crippen molar-refractivity contribution in [2.75, 3.05) is 5.32 Å². The van der Waals surface area contributed by atoms with Crippen LogP contribution in [-0.4, -0.2) is 18.0 Å².